The molecule has 0 spiro atoms. The number of nitrogens with zero attached hydrogens (tertiary/aromatic N) is 1. The van der Waals surface area contributed by atoms with Gasteiger partial charge in [0.25, 0.3) is 0 Å². The van der Waals surface area contributed by atoms with Gasteiger partial charge in [-0.05, 0) is 53.7 Å². The van der Waals surface area contributed by atoms with Crippen molar-refractivity contribution in [1.82, 2.24) is 5.32 Å². The molecule has 25 heavy (non-hydrogen) atoms. The number of carbonyl (C=O) groups is 1. The summed E-state index contributed by atoms with van der Waals surface area (Å²) in [4.78, 5) is 13.9. The first kappa shape index (κ1) is 17.3. The van der Waals surface area contributed by atoms with Gasteiger partial charge in [-0.3, -0.25) is 4.79 Å². The number of fused-ring (bicyclic) bond motifs is 1. The maximum Gasteiger partial charge on any atom is 0.243 e. The second-order valence-corrected chi connectivity index (χ2v) is 7.00. The summed E-state index contributed by atoms with van der Waals surface area (Å²) >= 11 is 0. The lowest BCUT2D eigenvalue weighted by atomic mass is 9.91. The number of hydrogen-bond donors (Lipinski definition) is 1. The van der Waals surface area contributed by atoms with Gasteiger partial charge in [0.05, 0.1) is 0 Å². The molecule has 0 radical (unpaired) electrons. The number of anilines is 2. The van der Waals surface area contributed by atoms with E-state index in [1.807, 2.05) is 0 Å². The first-order valence-corrected chi connectivity index (χ1v) is 8.94. The van der Waals surface area contributed by atoms with Gasteiger partial charge in [-0.25, -0.2) is 0 Å². The number of amides is 1. The van der Waals surface area contributed by atoms with Crippen molar-refractivity contribution in [2.24, 2.45) is 5.92 Å². The molecule has 1 aliphatic heterocycles. The molecule has 1 aliphatic rings. The Morgan fingerprint density at radius 1 is 1.28 bits per heavy atom. The van der Waals surface area contributed by atoms with Crippen LogP contribution in [0.2, 0.25) is 0 Å². The van der Waals surface area contributed by atoms with Crippen molar-refractivity contribution in [2.45, 2.75) is 26.2 Å². The van der Waals surface area contributed by atoms with Crippen LogP contribution in [0.5, 0.6) is 0 Å². The van der Waals surface area contributed by atoms with Gasteiger partial charge in [-0.1, -0.05) is 50.8 Å². The smallest absolute Gasteiger partial charge is 0.243 e. The summed E-state index contributed by atoms with van der Waals surface area (Å²) in [6.45, 7) is 9.51. The Kier molecular flexibility index (Phi) is 5.22. The Morgan fingerprint density at radius 2 is 2.00 bits per heavy atom. The molecule has 1 unspecified atom stereocenters. The van der Waals surface area contributed by atoms with E-state index in [2.05, 4.69) is 79.2 Å². The van der Waals surface area contributed by atoms with Crippen molar-refractivity contribution >= 4 is 17.3 Å². The van der Waals surface area contributed by atoms with Gasteiger partial charge in [-0.15, -0.1) is 0 Å². The Bertz CT molecular complexity index is 755. The molecule has 0 saturated heterocycles. The molecule has 3 rings (SSSR count). The summed E-state index contributed by atoms with van der Waals surface area (Å²) < 4.78 is 0. The molecule has 0 bridgehead atoms. The van der Waals surface area contributed by atoms with E-state index in [0.717, 1.165) is 13.0 Å². The third-order valence-electron chi connectivity index (χ3n) is 4.85. The van der Waals surface area contributed by atoms with Crippen molar-refractivity contribution in [3.8, 4) is 0 Å². The zero-order valence-electron chi connectivity index (χ0n) is 15.0. The monoisotopic (exact) mass is 336 g/mol. The number of benzene rings is 2. The lowest BCUT2D eigenvalue weighted by Crippen LogP contribution is -2.38. The summed E-state index contributed by atoms with van der Waals surface area (Å²) in [5.74, 6) is 0.805. The normalized spacial score (nSPS) is 16.4. The maximum absolute atomic E-state index is 11.5. The average molecular weight is 336 g/mol. The summed E-state index contributed by atoms with van der Waals surface area (Å²) in [5, 5.41) is 2.95. The van der Waals surface area contributed by atoms with Crippen LogP contribution in [-0.2, 0) is 11.2 Å². The molecule has 1 amide bonds. The molecule has 2 aromatic rings. The number of rotatable bonds is 5. The number of carbonyl (C=O) groups excluding carboxylic acids is 1. The standard InChI is InChI=1S/C22H26N2O.H2/c1-4-22(25)23-14-17-13-19-7-5-6-8-21(19)24(15-17)20-11-9-18(10-12-20)16(2)3;/h4-12,16-17H,1,13-15H2,2-3H3,(H,23,25);1H. The van der Waals surface area contributed by atoms with Crippen molar-refractivity contribution in [3.05, 3.63) is 72.3 Å². The molecular weight excluding hydrogens is 308 g/mol. The molecule has 132 valence electrons. The minimum atomic E-state index is -0.105. The van der Waals surface area contributed by atoms with E-state index in [-0.39, 0.29) is 7.33 Å². The lowest BCUT2D eigenvalue weighted by molar-refractivity contribution is -0.116. The zero-order chi connectivity index (χ0) is 17.8. The predicted molar refractivity (Wildman–Crippen MR) is 106 cm³/mol. The van der Waals surface area contributed by atoms with Crippen molar-refractivity contribution < 1.29 is 6.22 Å². The molecule has 3 nitrogen and oxygen atoms in total. The van der Waals surface area contributed by atoms with E-state index in [1.165, 1.54) is 28.6 Å². The highest BCUT2D eigenvalue weighted by atomic mass is 16.1. The fourth-order valence-corrected chi connectivity index (χ4v) is 3.42. The van der Waals surface area contributed by atoms with E-state index in [9.17, 15) is 4.79 Å². The number of nitrogens with one attached hydrogen (secondary N) is 1. The van der Waals surface area contributed by atoms with E-state index in [4.69, 9.17) is 0 Å². The Hall–Kier alpha value is -2.55. The predicted octanol–water partition coefficient (Wildman–Crippen LogP) is 4.67. The van der Waals surface area contributed by atoms with E-state index >= 15 is 0 Å². The quantitative estimate of drug-likeness (QED) is 0.805. The summed E-state index contributed by atoms with van der Waals surface area (Å²) in [7, 11) is 0. The van der Waals surface area contributed by atoms with Crippen LogP contribution in [0.25, 0.3) is 0 Å². The summed E-state index contributed by atoms with van der Waals surface area (Å²) in [5.41, 5.74) is 5.16. The summed E-state index contributed by atoms with van der Waals surface area (Å²) in [6, 6.07) is 17.4. The highest BCUT2D eigenvalue weighted by Gasteiger charge is 2.25. The molecule has 0 aromatic heterocycles. The molecule has 1 heterocycles. The van der Waals surface area contributed by atoms with Crippen molar-refractivity contribution in [3.63, 3.8) is 0 Å². The Morgan fingerprint density at radius 3 is 2.68 bits per heavy atom. The first-order valence-electron chi connectivity index (χ1n) is 8.94. The molecule has 0 saturated carbocycles. The van der Waals surface area contributed by atoms with Gasteiger partial charge in [0, 0.05) is 25.9 Å². The highest BCUT2D eigenvalue weighted by molar-refractivity contribution is 5.86. The Labute approximate surface area is 151 Å². The molecular formula is C22H28N2O. The molecule has 0 aliphatic carbocycles. The van der Waals surface area contributed by atoms with Crippen LogP contribution in [0.3, 0.4) is 0 Å². The van der Waals surface area contributed by atoms with Crippen LogP contribution in [0, 0.1) is 5.92 Å². The maximum atomic E-state index is 11.5. The second kappa shape index (κ2) is 7.56. The lowest BCUT2D eigenvalue weighted by Gasteiger charge is -2.36. The molecule has 1 atom stereocenters. The first-order chi connectivity index (χ1) is 12.1. The van der Waals surface area contributed by atoms with E-state index in [1.54, 1.807) is 0 Å². The van der Waals surface area contributed by atoms with Crippen molar-refractivity contribution in [2.75, 3.05) is 18.0 Å². The number of hydrogen-bond acceptors (Lipinski definition) is 2. The van der Waals surface area contributed by atoms with Gasteiger partial charge in [0.1, 0.15) is 0 Å². The fraction of sp³-hybridized carbons (Fsp3) is 0.318. The van der Waals surface area contributed by atoms with Crippen LogP contribution in [-0.4, -0.2) is 19.0 Å². The SMILES string of the molecule is C=CC(=O)NCC1Cc2ccccc2N(c2ccc(C(C)C)cc2)C1.[HH]. The van der Waals surface area contributed by atoms with E-state index < -0.39 is 0 Å². The molecule has 1 N–H and O–H groups in total. The van der Waals surface area contributed by atoms with Gasteiger partial charge in [0.15, 0.2) is 0 Å². The average Bonchev–Trinajstić information content (AvgIpc) is 2.65. The van der Waals surface area contributed by atoms with Gasteiger partial charge in [0.2, 0.25) is 5.91 Å². The fourth-order valence-electron chi connectivity index (χ4n) is 3.42. The van der Waals surface area contributed by atoms with Crippen LogP contribution in [0.15, 0.2) is 61.2 Å². The zero-order valence-corrected chi connectivity index (χ0v) is 15.0. The summed E-state index contributed by atoms with van der Waals surface area (Å²) in [6.07, 6.45) is 2.31. The van der Waals surface area contributed by atoms with Crippen LogP contribution >= 0.6 is 0 Å². The minimum Gasteiger partial charge on any atom is -0.352 e. The second-order valence-electron chi connectivity index (χ2n) is 7.00. The topological polar surface area (TPSA) is 32.3 Å². The van der Waals surface area contributed by atoms with Gasteiger partial charge < -0.3 is 10.2 Å². The largest absolute Gasteiger partial charge is 0.352 e. The van der Waals surface area contributed by atoms with Crippen LogP contribution in [0.4, 0.5) is 11.4 Å². The minimum absolute atomic E-state index is 0. The third kappa shape index (κ3) is 3.93. The molecule has 3 heteroatoms. The van der Waals surface area contributed by atoms with Gasteiger partial charge >= 0.3 is 0 Å². The third-order valence-corrected chi connectivity index (χ3v) is 4.85. The molecule has 0 fully saturated rings. The van der Waals surface area contributed by atoms with Crippen LogP contribution < -0.4 is 10.2 Å². The van der Waals surface area contributed by atoms with Gasteiger partial charge in [-0.2, -0.15) is 0 Å². The van der Waals surface area contributed by atoms with Crippen LogP contribution in [0.1, 0.15) is 32.3 Å². The Balaban J connectivity index is 0.00000243. The molecule has 2 aromatic carbocycles. The van der Waals surface area contributed by atoms with E-state index in [0.29, 0.717) is 18.4 Å². The highest BCUT2D eigenvalue weighted by Crippen LogP contribution is 2.35. The number of para-hydroxylation sites is 1. The van der Waals surface area contributed by atoms with Crippen molar-refractivity contribution in [1.29, 1.82) is 0 Å².